The summed E-state index contributed by atoms with van der Waals surface area (Å²) in [5.74, 6) is -0.484. The van der Waals surface area contributed by atoms with Crippen LogP contribution in [0.25, 0.3) is 0 Å². The third-order valence-electron chi connectivity index (χ3n) is 4.60. The fraction of sp³-hybridized carbons (Fsp3) is 0.300. The highest BCUT2D eigenvalue weighted by Crippen LogP contribution is 2.23. The predicted molar refractivity (Wildman–Crippen MR) is 95.1 cm³/mol. The summed E-state index contributed by atoms with van der Waals surface area (Å²) in [4.78, 5) is 15.6. The van der Waals surface area contributed by atoms with Gasteiger partial charge in [0.15, 0.2) is 5.78 Å². The zero-order valence-corrected chi connectivity index (χ0v) is 14.2. The normalized spacial score (nSPS) is 15.0. The summed E-state index contributed by atoms with van der Waals surface area (Å²) in [5.41, 5.74) is 2.67. The van der Waals surface area contributed by atoms with Gasteiger partial charge in [-0.15, -0.1) is 0 Å². The first-order chi connectivity index (χ1) is 12.1. The number of piperazine rings is 1. The van der Waals surface area contributed by atoms with E-state index in [1.165, 1.54) is 13.0 Å². The SMILES string of the molecule is CC(=O)c1ccc(N2CCN(Cc3ccccc3C#N)CC2)c(F)c1. The second-order valence-electron chi connectivity index (χ2n) is 6.25. The molecule has 0 aliphatic carbocycles. The first kappa shape index (κ1) is 17.1. The van der Waals surface area contributed by atoms with Gasteiger partial charge in [0, 0.05) is 38.3 Å². The van der Waals surface area contributed by atoms with Gasteiger partial charge in [0.2, 0.25) is 0 Å². The molecular weight excluding hydrogens is 317 g/mol. The largest absolute Gasteiger partial charge is 0.367 e. The van der Waals surface area contributed by atoms with Gasteiger partial charge in [0.25, 0.3) is 0 Å². The van der Waals surface area contributed by atoms with Crippen LogP contribution in [0.4, 0.5) is 10.1 Å². The standard InChI is InChI=1S/C20H20FN3O/c1-15(25)16-6-7-20(19(21)12-16)24-10-8-23(9-11-24)14-18-5-3-2-4-17(18)13-22/h2-7,12H,8-11,14H2,1H3. The van der Waals surface area contributed by atoms with Crippen LogP contribution < -0.4 is 4.90 Å². The number of hydrogen-bond donors (Lipinski definition) is 0. The fourth-order valence-electron chi connectivity index (χ4n) is 3.14. The first-order valence-electron chi connectivity index (χ1n) is 8.34. The molecule has 1 aliphatic heterocycles. The van der Waals surface area contributed by atoms with E-state index in [0.717, 1.165) is 25.2 Å². The Kier molecular flexibility index (Phi) is 5.11. The van der Waals surface area contributed by atoms with Crippen LogP contribution in [-0.4, -0.2) is 36.9 Å². The molecule has 2 aromatic carbocycles. The van der Waals surface area contributed by atoms with Crippen molar-refractivity contribution in [1.82, 2.24) is 4.90 Å². The number of carbonyl (C=O) groups is 1. The van der Waals surface area contributed by atoms with E-state index in [4.69, 9.17) is 0 Å². The average Bonchev–Trinajstić information content (AvgIpc) is 2.63. The van der Waals surface area contributed by atoms with E-state index in [1.54, 1.807) is 12.1 Å². The van der Waals surface area contributed by atoms with Gasteiger partial charge >= 0.3 is 0 Å². The number of Topliss-reactive ketones (excluding diaryl/α,β-unsaturated/α-hetero) is 1. The molecule has 0 radical (unpaired) electrons. The maximum absolute atomic E-state index is 14.3. The van der Waals surface area contributed by atoms with Crippen molar-refractivity contribution >= 4 is 11.5 Å². The summed E-state index contributed by atoms with van der Waals surface area (Å²) in [5, 5.41) is 9.19. The van der Waals surface area contributed by atoms with Gasteiger partial charge in [-0.3, -0.25) is 9.69 Å². The van der Waals surface area contributed by atoms with Gasteiger partial charge in [-0.2, -0.15) is 5.26 Å². The van der Waals surface area contributed by atoms with Crippen LogP contribution >= 0.6 is 0 Å². The Hall–Kier alpha value is -2.71. The summed E-state index contributed by atoms with van der Waals surface area (Å²) in [7, 11) is 0. The van der Waals surface area contributed by atoms with Crippen LogP contribution in [0.2, 0.25) is 0 Å². The fourth-order valence-corrected chi connectivity index (χ4v) is 3.14. The number of nitriles is 1. The van der Waals surface area contributed by atoms with Gasteiger partial charge in [-0.1, -0.05) is 18.2 Å². The Morgan fingerprint density at radius 3 is 2.52 bits per heavy atom. The third-order valence-corrected chi connectivity index (χ3v) is 4.60. The van der Waals surface area contributed by atoms with Crippen LogP contribution in [-0.2, 0) is 6.54 Å². The molecule has 2 aromatic rings. The molecule has 0 aromatic heterocycles. The Labute approximate surface area is 147 Å². The highest BCUT2D eigenvalue weighted by atomic mass is 19.1. The molecule has 0 saturated carbocycles. The number of nitrogens with zero attached hydrogens (tertiary/aromatic N) is 3. The van der Waals surface area contributed by atoms with Gasteiger partial charge in [0.1, 0.15) is 5.82 Å². The van der Waals surface area contributed by atoms with Gasteiger partial charge in [-0.05, 0) is 36.8 Å². The average molecular weight is 337 g/mol. The van der Waals surface area contributed by atoms with E-state index in [9.17, 15) is 14.4 Å². The minimum Gasteiger partial charge on any atom is -0.367 e. The molecule has 4 nitrogen and oxygen atoms in total. The van der Waals surface area contributed by atoms with Crippen molar-refractivity contribution in [3.8, 4) is 6.07 Å². The van der Waals surface area contributed by atoms with E-state index < -0.39 is 0 Å². The molecule has 0 spiro atoms. The van der Waals surface area contributed by atoms with E-state index in [-0.39, 0.29) is 11.6 Å². The number of hydrogen-bond acceptors (Lipinski definition) is 4. The molecule has 0 N–H and O–H groups in total. The smallest absolute Gasteiger partial charge is 0.159 e. The molecule has 1 aliphatic rings. The maximum atomic E-state index is 14.3. The Morgan fingerprint density at radius 2 is 1.88 bits per heavy atom. The number of benzene rings is 2. The highest BCUT2D eigenvalue weighted by Gasteiger charge is 2.20. The Morgan fingerprint density at radius 1 is 1.16 bits per heavy atom. The highest BCUT2D eigenvalue weighted by molar-refractivity contribution is 5.94. The number of rotatable bonds is 4. The van der Waals surface area contributed by atoms with E-state index in [2.05, 4.69) is 11.0 Å². The molecule has 128 valence electrons. The number of ketones is 1. The van der Waals surface area contributed by atoms with E-state index in [1.807, 2.05) is 29.2 Å². The lowest BCUT2D eigenvalue weighted by Crippen LogP contribution is -2.46. The summed E-state index contributed by atoms with van der Waals surface area (Å²) < 4.78 is 14.3. The van der Waals surface area contributed by atoms with Crippen molar-refractivity contribution in [3.63, 3.8) is 0 Å². The van der Waals surface area contributed by atoms with Crippen LogP contribution in [0.15, 0.2) is 42.5 Å². The van der Waals surface area contributed by atoms with Crippen LogP contribution in [0.5, 0.6) is 0 Å². The van der Waals surface area contributed by atoms with Crippen molar-refractivity contribution < 1.29 is 9.18 Å². The number of anilines is 1. The van der Waals surface area contributed by atoms with E-state index >= 15 is 0 Å². The lowest BCUT2D eigenvalue weighted by molar-refractivity contribution is 0.101. The maximum Gasteiger partial charge on any atom is 0.159 e. The van der Waals surface area contributed by atoms with Crippen LogP contribution in [0.3, 0.4) is 0 Å². The molecule has 3 rings (SSSR count). The summed E-state index contributed by atoms with van der Waals surface area (Å²) >= 11 is 0. The first-order valence-corrected chi connectivity index (χ1v) is 8.34. The molecule has 5 heteroatoms. The molecule has 1 saturated heterocycles. The van der Waals surface area contributed by atoms with Crippen molar-refractivity contribution in [2.24, 2.45) is 0 Å². The van der Waals surface area contributed by atoms with Gasteiger partial charge < -0.3 is 4.90 Å². The summed E-state index contributed by atoms with van der Waals surface area (Å²) in [6, 6.07) is 14.5. The quantitative estimate of drug-likeness (QED) is 0.804. The molecule has 0 amide bonds. The van der Waals surface area contributed by atoms with E-state index in [0.29, 0.717) is 29.9 Å². The lowest BCUT2D eigenvalue weighted by atomic mass is 10.1. The monoisotopic (exact) mass is 337 g/mol. The van der Waals surface area contributed by atoms with Gasteiger partial charge in [0.05, 0.1) is 17.3 Å². The summed E-state index contributed by atoms with van der Waals surface area (Å²) in [6.45, 7) is 5.19. The molecule has 0 unspecified atom stereocenters. The molecular formula is C20H20FN3O. The molecule has 0 atom stereocenters. The molecule has 1 heterocycles. The summed E-state index contributed by atoms with van der Waals surface area (Å²) in [6.07, 6.45) is 0. The van der Waals surface area contributed by atoms with Crippen LogP contribution in [0, 0.1) is 17.1 Å². The second-order valence-corrected chi connectivity index (χ2v) is 6.25. The van der Waals surface area contributed by atoms with Crippen molar-refractivity contribution in [2.75, 3.05) is 31.1 Å². The molecule has 0 bridgehead atoms. The topological polar surface area (TPSA) is 47.3 Å². The van der Waals surface area contributed by atoms with Gasteiger partial charge in [-0.25, -0.2) is 4.39 Å². The zero-order chi connectivity index (χ0) is 17.8. The predicted octanol–water partition coefficient (Wildman–Crippen LogP) is 3.22. The molecule has 1 fully saturated rings. The number of halogens is 1. The third kappa shape index (κ3) is 3.86. The van der Waals surface area contributed by atoms with Crippen molar-refractivity contribution in [1.29, 1.82) is 5.26 Å². The minimum atomic E-state index is -0.351. The van der Waals surface area contributed by atoms with Crippen molar-refractivity contribution in [2.45, 2.75) is 13.5 Å². The number of carbonyl (C=O) groups excluding carboxylic acids is 1. The Balaban J connectivity index is 1.64. The second kappa shape index (κ2) is 7.45. The zero-order valence-electron chi connectivity index (χ0n) is 14.2. The Bertz CT molecular complexity index is 820. The van der Waals surface area contributed by atoms with Crippen LogP contribution in [0.1, 0.15) is 28.4 Å². The minimum absolute atomic E-state index is 0.133. The molecule has 25 heavy (non-hydrogen) atoms. The lowest BCUT2D eigenvalue weighted by Gasteiger charge is -2.36. The van der Waals surface area contributed by atoms with Crippen molar-refractivity contribution in [3.05, 3.63) is 65.0 Å².